The van der Waals surface area contributed by atoms with Gasteiger partial charge in [-0.05, 0) is 29.1 Å². The Hall–Kier alpha value is -2.52. The maximum absolute atomic E-state index is 11.0. The second-order valence-electron chi connectivity index (χ2n) is 3.85. The number of hydrogen-bond acceptors (Lipinski definition) is 5. The summed E-state index contributed by atoms with van der Waals surface area (Å²) in [4.78, 5) is 11.1. The fraction of sp³-hybridized carbons (Fsp3) is 0.143. The number of benzene rings is 1. The maximum atomic E-state index is 11.0. The van der Waals surface area contributed by atoms with Gasteiger partial charge in [-0.25, -0.2) is 4.79 Å². The van der Waals surface area contributed by atoms with Gasteiger partial charge in [0.15, 0.2) is 4.88 Å². The highest BCUT2D eigenvalue weighted by atomic mass is 32.1. The number of carboxylic acid groups (broad SMARTS) is 1. The zero-order valence-electron chi connectivity index (χ0n) is 10.6. The molecule has 0 bridgehead atoms. The number of aromatic carboxylic acids is 1. The van der Waals surface area contributed by atoms with Gasteiger partial charge in [-0.1, -0.05) is 6.07 Å². The molecule has 0 aliphatic rings. The first kappa shape index (κ1) is 13.9. The van der Waals surface area contributed by atoms with Crippen molar-refractivity contribution >= 4 is 17.3 Å². The molecule has 1 aromatic heterocycles. The fourth-order valence-electron chi connectivity index (χ4n) is 1.65. The summed E-state index contributed by atoms with van der Waals surface area (Å²) in [6, 6.07) is 8.73. The molecule has 2 rings (SSSR count). The molecule has 1 heterocycles. The fourth-order valence-corrected chi connectivity index (χ4v) is 2.32. The molecule has 0 saturated heterocycles. The Balaban J connectivity index is 2.13. The van der Waals surface area contributed by atoms with Crippen LogP contribution in [0.2, 0.25) is 0 Å². The van der Waals surface area contributed by atoms with Crippen molar-refractivity contribution in [2.24, 2.45) is 0 Å². The van der Waals surface area contributed by atoms with Gasteiger partial charge in [0.2, 0.25) is 0 Å². The minimum absolute atomic E-state index is 0.172. The lowest BCUT2D eigenvalue weighted by molar-refractivity contribution is 0.0697. The van der Waals surface area contributed by atoms with Crippen molar-refractivity contribution in [3.05, 3.63) is 45.6 Å². The summed E-state index contributed by atoms with van der Waals surface area (Å²) in [5.41, 5.74) is 1.24. The molecule has 0 spiro atoms. The Morgan fingerprint density at radius 2 is 2.20 bits per heavy atom. The molecule has 2 aromatic rings. The van der Waals surface area contributed by atoms with Gasteiger partial charge in [-0.15, -0.1) is 11.3 Å². The van der Waals surface area contributed by atoms with Crippen LogP contribution in [0, 0.1) is 11.3 Å². The summed E-state index contributed by atoms with van der Waals surface area (Å²) in [6.07, 6.45) is 0. The number of nitrogens with zero attached hydrogens (tertiary/aromatic N) is 1. The number of thiophene rings is 1. The van der Waals surface area contributed by atoms with E-state index in [2.05, 4.69) is 0 Å². The number of hydrogen-bond donors (Lipinski definition) is 1. The normalized spacial score (nSPS) is 9.80. The summed E-state index contributed by atoms with van der Waals surface area (Å²) >= 11 is 1.11. The van der Waals surface area contributed by atoms with E-state index in [0.29, 0.717) is 17.1 Å². The first-order chi connectivity index (χ1) is 9.65. The van der Waals surface area contributed by atoms with Crippen LogP contribution in [-0.2, 0) is 6.61 Å². The van der Waals surface area contributed by atoms with E-state index >= 15 is 0 Å². The van der Waals surface area contributed by atoms with Crippen LogP contribution < -0.4 is 9.47 Å². The molecular formula is C14H11NO4S. The molecule has 0 atom stereocenters. The highest BCUT2D eigenvalue weighted by Crippen LogP contribution is 2.26. The smallest absolute Gasteiger partial charge is 0.349 e. The van der Waals surface area contributed by atoms with Crippen LogP contribution in [0.5, 0.6) is 11.5 Å². The first-order valence-corrected chi connectivity index (χ1v) is 6.54. The van der Waals surface area contributed by atoms with E-state index in [-0.39, 0.29) is 11.5 Å². The quantitative estimate of drug-likeness (QED) is 0.915. The lowest BCUT2D eigenvalue weighted by Gasteiger charge is -2.08. The molecule has 1 aromatic carbocycles. The Morgan fingerprint density at radius 3 is 2.85 bits per heavy atom. The summed E-state index contributed by atoms with van der Waals surface area (Å²) in [6.45, 7) is 0.207. The van der Waals surface area contributed by atoms with Crippen LogP contribution >= 0.6 is 11.3 Å². The van der Waals surface area contributed by atoms with Crippen molar-refractivity contribution in [2.75, 3.05) is 7.11 Å². The van der Waals surface area contributed by atoms with Gasteiger partial charge in [0.1, 0.15) is 24.2 Å². The SMILES string of the molecule is COc1cc(COc2ccsc2C(=O)O)ccc1C#N. The second kappa shape index (κ2) is 6.08. The van der Waals surface area contributed by atoms with Crippen molar-refractivity contribution in [2.45, 2.75) is 6.61 Å². The van der Waals surface area contributed by atoms with Crippen molar-refractivity contribution in [3.8, 4) is 17.6 Å². The van der Waals surface area contributed by atoms with Crippen LogP contribution in [-0.4, -0.2) is 18.2 Å². The van der Waals surface area contributed by atoms with Gasteiger partial charge < -0.3 is 14.6 Å². The summed E-state index contributed by atoms with van der Waals surface area (Å²) in [7, 11) is 1.49. The predicted octanol–water partition coefficient (Wildman–Crippen LogP) is 2.91. The molecule has 20 heavy (non-hydrogen) atoms. The van der Waals surface area contributed by atoms with E-state index in [0.717, 1.165) is 16.9 Å². The number of nitriles is 1. The van der Waals surface area contributed by atoms with Crippen LogP contribution in [0.4, 0.5) is 0 Å². The summed E-state index contributed by atoms with van der Waals surface area (Å²) in [5, 5.41) is 19.5. The Labute approximate surface area is 119 Å². The third-order valence-corrected chi connectivity index (χ3v) is 3.49. The molecular weight excluding hydrogens is 278 g/mol. The van der Waals surface area contributed by atoms with Crippen LogP contribution in [0.25, 0.3) is 0 Å². The van der Waals surface area contributed by atoms with Gasteiger partial charge in [0.05, 0.1) is 12.7 Å². The average Bonchev–Trinajstić information content (AvgIpc) is 2.93. The molecule has 0 fully saturated rings. The minimum atomic E-state index is -1.01. The van der Waals surface area contributed by atoms with E-state index in [4.69, 9.17) is 19.8 Å². The van der Waals surface area contributed by atoms with Crippen LogP contribution in [0.1, 0.15) is 20.8 Å². The van der Waals surface area contributed by atoms with Crippen LogP contribution in [0.15, 0.2) is 29.6 Å². The Bertz CT molecular complexity index is 672. The molecule has 0 amide bonds. The van der Waals surface area contributed by atoms with Crippen molar-refractivity contribution in [1.82, 2.24) is 0 Å². The molecule has 0 saturated carbocycles. The number of carboxylic acids is 1. The van der Waals surface area contributed by atoms with Crippen molar-refractivity contribution in [1.29, 1.82) is 5.26 Å². The van der Waals surface area contributed by atoms with E-state index < -0.39 is 5.97 Å². The molecule has 0 aliphatic carbocycles. The van der Waals surface area contributed by atoms with Gasteiger partial charge in [0.25, 0.3) is 0 Å². The van der Waals surface area contributed by atoms with E-state index in [1.54, 1.807) is 29.6 Å². The van der Waals surface area contributed by atoms with E-state index in [9.17, 15) is 4.79 Å². The van der Waals surface area contributed by atoms with E-state index in [1.807, 2.05) is 6.07 Å². The topological polar surface area (TPSA) is 79.6 Å². The molecule has 5 nitrogen and oxygen atoms in total. The molecule has 0 aliphatic heterocycles. The number of carbonyl (C=O) groups is 1. The number of methoxy groups -OCH3 is 1. The number of rotatable bonds is 5. The van der Waals surface area contributed by atoms with E-state index in [1.165, 1.54) is 7.11 Å². The highest BCUT2D eigenvalue weighted by molar-refractivity contribution is 7.12. The zero-order valence-corrected chi connectivity index (χ0v) is 11.4. The Kier molecular flexibility index (Phi) is 4.23. The maximum Gasteiger partial charge on any atom is 0.349 e. The average molecular weight is 289 g/mol. The third-order valence-electron chi connectivity index (χ3n) is 2.60. The summed E-state index contributed by atoms with van der Waals surface area (Å²) < 4.78 is 10.6. The Morgan fingerprint density at radius 1 is 1.40 bits per heavy atom. The van der Waals surface area contributed by atoms with Gasteiger partial charge in [-0.3, -0.25) is 0 Å². The lowest BCUT2D eigenvalue weighted by atomic mass is 10.1. The van der Waals surface area contributed by atoms with Gasteiger partial charge >= 0.3 is 5.97 Å². The van der Waals surface area contributed by atoms with Gasteiger partial charge in [0, 0.05) is 0 Å². The highest BCUT2D eigenvalue weighted by Gasteiger charge is 2.13. The molecule has 1 N–H and O–H groups in total. The predicted molar refractivity (Wildman–Crippen MR) is 73.3 cm³/mol. The monoisotopic (exact) mass is 289 g/mol. The summed E-state index contributed by atoms with van der Waals surface area (Å²) in [5.74, 6) is -0.199. The van der Waals surface area contributed by atoms with Gasteiger partial charge in [-0.2, -0.15) is 5.26 Å². The molecule has 102 valence electrons. The molecule has 0 radical (unpaired) electrons. The zero-order chi connectivity index (χ0) is 14.5. The minimum Gasteiger partial charge on any atom is -0.495 e. The molecule has 0 unspecified atom stereocenters. The first-order valence-electron chi connectivity index (χ1n) is 5.66. The van der Waals surface area contributed by atoms with Crippen LogP contribution in [0.3, 0.4) is 0 Å². The van der Waals surface area contributed by atoms with Crippen molar-refractivity contribution < 1.29 is 19.4 Å². The largest absolute Gasteiger partial charge is 0.495 e. The standard InChI is InChI=1S/C14H11NO4S/c1-18-12-6-9(2-3-10(12)7-15)8-19-11-4-5-20-13(11)14(16)17/h2-6H,8H2,1H3,(H,16,17). The second-order valence-corrected chi connectivity index (χ2v) is 4.77. The number of ether oxygens (including phenoxy) is 2. The third kappa shape index (κ3) is 2.90. The van der Waals surface area contributed by atoms with Crippen molar-refractivity contribution in [3.63, 3.8) is 0 Å². The lowest BCUT2D eigenvalue weighted by Crippen LogP contribution is -2.00. The molecule has 6 heteroatoms.